The molecule has 0 aliphatic carbocycles. The molecular formula is C16H21N3O2. The zero-order valence-electron chi connectivity index (χ0n) is 12.7. The van der Waals surface area contributed by atoms with Crippen LogP contribution in [-0.2, 0) is 6.42 Å². The van der Waals surface area contributed by atoms with Crippen molar-refractivity contribution in [1.29, 1.82) is 0 Å². The van der Waals surface area contributed by atoms with Crippen molar-refractivity contribution >= 4 is 0 Å². The van der Waals surface area contributed by atoms with Crippen molar-refractivity contribution < 1.29 is 9.47 Å². The van der Waals surface area contributed by atoms with Gasteiger partial charge in [-0.2, -0.15) is 4.98 Å². The third-order valence-electron chi connectivity index (χ3n) is 3.48. The molecule has 21 heavy (non-hydrogen) atoms. The zero-order valence-corrected chi connectivity index (χ0v) is 12.7. The fourth-order valence-electron chi connectivity index (χ4n) is 2.21. The van der Waals surface area contributed by atoms with E-state index in [-0.39, 0.29) is 6.04 Å². The molecule has 0 aliphatic heterocycles. The van der Waals surface area contributed by atoms with Crippen LogP contribution in [0, 0.1) is 6.92 Å². The molecule has 0 saturated heterocycles. The standard InChI is InChI=1S/C16H21N3O2/c1-11-6-4-5-7-12(11)8-9-13(17)15-16(21-3)19-14(20-2)10-18-15/h4-7,10,13H,8-9,17H2,1-3H3. The second kappa shape index (κ2) is 7.04. The lowest BCUT2D eigenvalue weighted by Gasteiger charge is -2.15. The van der Waals surface area contributed by atoms with Crippen LogP contribution in [0.2, 0.25) is 0 Å². The lowest BCUT2D eigenvalue weighted by Crippen LogP contribution is -2.15. The summed E-state index contributed by atoms with van der Waals surface area (Å²) in [6, 6.07) is 8.09. The Morgan fingerprint density at radius 2 is 1.95 bits per heavy atom. The van der Waals surface area contributed by atoms with E-state index >= 15 is 0 Å². The molecule has 2 rings (SSSR count). The SMILES string of the molecule is COc1cnc(C(N)CCc2ccccc2C)c(OC)n1. The molecule has 1 unspecified atom stereocenters. The van der Waals surface area contributed by atoms with Crippen LogP contribution in [0.15, 0.2) is 30.5 Å². The Hall–Kier alpha value is -2.14. The predicted molar refractivity (Wildman–Crippen MR) is 81.6 cm³/mol. The van der Waals surface area contributed by atoms with Gasteiger partial charge in [0.25, 0.3) is 0 Å². The number of methoxy groups -OCH3 is 2. The Morgan fingerprint density at radius 3 is 2.62 bits per heavy atom. The molecule has 0 fully saturated rings. The number of nitrogens with two attached hydrogens (primary N) is 1. The molecule has 1 aromatic heterocycles. The summed E-state index contributed by atoms with van der Waals surface area (Å²) in [7, 11) is 3.10. The fraction of sp³-hybridized carbons (Fsp3) is 0.375. The van der Waals surface area contributed by atoms with Gasteiger partial charge in [0.1, 0.15) is 5.69 Å². The molecule has 0 bridgehead atoms. The van der Waals surface area contributed by atoms with E-state index in [9.17, 15) is 0 Å². The van der Waals surface area contributed by atoms with Gasteiger partial charge < -0.3 is 15.2 Å². The summed E-state index contributed by atoms with van der Waals surface area (Å²) in [5, 5.41) is 0. The van der Waals surface area contributed by atoms with E-state index in [1.807, 2.05) is 12.1 Å². The van der Waals surface area contributed by atoms with Gasteiger partial charge in [0.2, 0.25) is 11.8 Å². The molecule has 0 amide bonds. The molecule has 0 spiro atoms. The first-order valence-electron chi connectivity index (χ1n) is 6.90. The molecule has 0 saturated carbocycles. The third-order valence-corrected chi connectivity index (χ3v) is 3.48. The lowest BCUT2D eigenvalue weighted by molar-refractivity contribution is 0.352. The molecular weight excluding hydrogens is 266 g/mol. The van der Waals surface area contributed by atoms with E-state index in [1.165, 1.54) is 11.1 Å². The highest BCUT2D eigenvalue weighted by molar-refractivity contribution is 5.28. The maximum Gasteiger partial charge on any atom is 0.240 e. The lowest BCUT2D eigenvalue weighted by atomic mass is 10.00. The van der Waals surface area contributed by atoms with Crippen molar-refractivity contribution in [3.8, 4) is 11.8 Å². The van der Waals surface area contributed by atoms with Gasteiger partial charge in [-0.15, -0.1) is 0 Å². The minimum atomic E-state index is -0.224. The number of benzene rings is 1. The molecule has 1 aromatic carbocycles. The highest BCUT2D eigenvalue weighted by atomic mass is 16.5. The molecule has 0 aliphatic rings. The molecule has 0 radical (unpaired) electrons. The highest BCUT2D eigenvalue weighted by Crippen LogP contribution is 2.25. The Kier molecular flexibility index (Phi) is 5.11. The molecule has 112 valence electrons. The van der Waals surface area contributed by atoms with E-state index in [0.29, 0.717) is 17.5 Å². The minimum absolute atomic E-state index is 0.224. The molecule has 2 aromatic rings. The summed E-state index contributed by atoms with van der Waals surface area (Å²) in [4.78, 5) is 8.53. The summed E-state index contributed by atoms with van der Waals surface area (Å²) in [5.41, 5.74) is 9.47. The van der Waals surface area contributed by atoms with Crippen molar-refractivity contribution in [3.05, 3.63) is 47.3 Å². The van der Waals surface area contributed by atoms with Gasteiger partial charge in [-0.1, -0.05) is 24.3 Å². The van der Waals surface area contributed by atoms with E-state index in [1.54, 1.807) is 20.4 Å². The van der Waals surface area contributed by atoms with Gasteiger partial charge in [-0.05, 0) is 30.9 Å². The van der Waals surface area contributed by atoms with Crippen LogP contribution in [0.4, 0.5) is 0 Å². The number of hydrogen-bond acceptors (Lipinski definition) is 5. The Morgan fingerprint density at radius 1 is 1.19 bits per heavy atom. The van der Waals surface area contributed by atoms with Gasteiger partial charge in [-0.25, -0.2) is 4.98 Å². The molecule has 5 nitrogen and oxygen atoms in total. The first-order valence-corrected chi connectivity index (χ1v) is 6.90. The van der Waals surface area contributed by atoms with Gasteiger partial charge >= 0.3 is 0 Å². The van der Waals surface area contributed by atoms with E-state index in [0.717, 1.165) is 12.8 Å². The summed E-state index contributed by atoms with van der Waals surface area (Å²) >= 11 is 0. The summed E-state index contributed by atoms with van der Waals surface area (Å²) < 4.78 is 10.3. The second-order valence-corrected chi connectivity index (χ2v) is 4.88. The van der Waals surface area contributed by atoms with E-state index in [2.05, 4.69) is 29.0 Å². The average Bonchev–Trinajstić information content (AvgIpc) is 2.53. The van der Waals surface area contributed by atoms with Gasteiger partial charge in [0.05, 0.1) is 26.5 Å². The quantitative estimate of drug-likeness (QED) is 0.883. The first-order chi connectivity index (χ1) is 10.2. The largest absolute Gasteiger partial charge is 0.480 e. The minimum Gasteiger partial charge on any atom is -0.480 e. The Labute approximate surface area is 125 Å². The van der Waals surface area contributed by atoms with Crippen molar-refractivity contribution in [2.75, 3.05) is 14.2 Å². The summed E-state index contributed by atoms with van der Waals surface area (Å²) in [6.45, 7) is 2.11. The third kappa shape index (κ3) is 3.70. The van der Waals surface area contributed by atoms with Crippen molar-refractivity contribution in [3.63, 3.8) is 0 Å². The van der Waals surface area contributed by atoms with Crippen LogP contribution < -0.4 is 15.2 Å². The fourth-order valence-corrected chi connectivity index (χ4v) is 2.21. The summed E-state index contributed by atoms with van der Waals surface area (Å²) in [5.74, 6) is 0.841. The number of ether oxygens (including phenoxy) is 2. The van der Waals surface area contributed by atoms with Gasteiger partial charge in [0.15, 0.2) is 0 Å². The van der Waals surface area contributed by atoms with Crippen LogP contribution >= 0.6 is 0 Å². The van der Waals surface area contributed by atoms with Gasteiger partial charge in [-0.3, -0.25) is 0 Å². The summed E-state index contributed by atoms with van der Waals surface area (Å²) in [6.07, 6.45) is 3.23. The molecule has 2 N–H and O–H groups in total. The Bertz CT molecular complexity index is 602. The maximum atomic E-state index is 6.24. The highest BCUT2D eigenvalue weighted by Gasteiger charge is 2.16. The van der Waals surface area contributed by atoms with Crippen LogP contribution in [0.25, 0.3) is 0 Å². The number of aromatic nitrogens is 2. The second-order valence-electron chi connectivity index (χ2n) is 4.88. The topological polar surface area (TPSA) is 70.3 Å². The van der Waals surface area contributed by atoms with Crippen molar-refractivity contribution in [1.82, 2.24) is 9.97 Å². The maximum absolute atomic E-state index is 6.24. The van der Waals surface area contributed by atoms with Crippen LogP contribution in [0.5, 0.6) is 11.8 Å². The number of hydrogen-bond donors (Lipinski definition) is 1. The molecule has 1 heterocycles. The van der Waals surface area contributed by atoms with Crippen molar-refractivity contribution in [2.24, 2.45) is 5.73 Å². The normalized spacial score (nSPS) is 12.0. The predicted octanol–water partition coefficient (Wildman–Crippen LogP) is 2.43. The Balaban J connectivity index is 2.10. The molecule has 1 atom stereocenters. The van der Waals surface area contributed by atoms with Gasteiger partial charge in [0, 0.05) is 0 Å². The van der Waals surface area contributed by atoms with Crippen molar-refractivity contribution in [2.45, 2.75) is 25.8 Å². The zero-order chi connectivity index (χ0) is 15.2. The van der Waals surface area contributed by atoms with E-state index < -0.39 is 0 Å². The average molecular weight is 287 g/mol. The first kappa shape index (κ1) is 15.3. The monoisotopic (exact) mass is 287 g/mol. The van der Waals surface area contributed by atoms with Crippen LogP contribution in [0.1, 0.15) is 29.3 Å². The smallest absolute Gasteiger partial charge is 0.240 e. The van der Waals surface area contributed by atoms with E-state index in [4.69, 9.17) is 15.2 Å². The van der Waals surface area contributed by atoms with Crippen LogP contribution in [-0.4, -0.2) is 24.2 Å². The molecule has 5 heteroatoms. The van der Waals surface area contributed by atoms with Crippen LogP contribution in [0.3, 0.4) is 0 Å². The number of aryl methyl sites for hydroxylation is 2. The number of nitrogens with zero attached hydrogens (tertiary/aromatic N) is 2. The number of rotatable bonds is 6.